The predicted octanol–water partition coefficient (Wildman–Crippen LogP) is 2.58. The molecule has 65 valence electrons. The lowest BCUT2D eigenvalue weighted by atomic mass is 10.1. The maximum atomic E-state index is 4.28. The summed E-state index contributed by atoms with van der Waals surface area (Å²) in [6.07, 6.45) is 3.55. The number of benzene rings is 1. The number of hydrogen-bond acceptors (Lipinski definition) is 2. The molecule has 0 unspecified atom stereocenters. The molecule has 1 aromatic carbocycles. The lowest BCUT2D eigenvalue weighted by molar-refractivity contribution is 1.39. The first-order valence-electron chi connectivity index (χ1n) is 4.45. The summed E-state index contributed by atoms with van der Waals surface area (Å²) in [6.45, 7) is 0. The van der Waals surface area contributed by atoms with Gasteiger partial charge in [-0.2, -0.15) is 0 Å². The smallest absolute Gasteiger partial charge is 0.0715 e. The molecule has 2 heteroatoms. The number of hydrogen-bond donors (Lipinski definition) is 0. The van der Waals surface area contributed by atoms with Crippen molar-refractivity contribution in [1.82, 2.24) is 9.97 Å². The molecule has 0 atom stereocenters. The van der Waals surface area contributed by atoms with Crippen LogP contribution < -0.4 is 0 Å². The molecule has 0 amide bonds. The number of rotatable bonds is 0. The highest BCUT2D eigenvalue weighted by Gasteiger charge is 1.99. The van der Waals surface area contributed by atoms with Crippen LogP contribution in [-0.4, -0.2) is 9.97 Å². The van der Waals surface area contributed by atoms with Crippen molar-refractivity contribution in [3.63, 3.8) is 0 Å². The average molecular weight is 179 g/mol. The van der Waals surface area contributed by atoms with Gasteiger partial charge in [0.2, 0.25) is 0 Å². The second-order valence-corrected chi connectivity index (χ2v) is 3.12. The van der Waals surface area contributed by atoms with E-state index in [9.17, 15) is 0 Å². The first-order chi connectivity index (χ1) is 6.95. The van der Waals surface area contributed by atoms with Gasteiger partial charge in [-0.05, 0) is 30.3 Å². The number of fused-ring (bicyclic) bond motifs is 3. The first kappa shape index (κ1) is 7.44. The van der Waals surface area contributed by atoms with Crippen LogP contribution in [0.4, 0.5) is 0 Å². The van der Waals surface area contributed by atoms with Gasteiger partial charge in [0.1, 0.15) is 0 Å². The van der Waals surface area contributed by atoms with Crippen molar-refractivity contribution in [3.05, 3.63) is 48.8 Å². The molecule has 3 aromatic rings. The molecule has 0 bridgehead atoms. The van der Waals surface area contributed by atoms with Crippen LogP contribution in [0.25, 0.3) is 21.8 Å². The first-order valence-corrected chi connectivity index (χ1v) is 4.45. The summed E-state index contributed by atoms with van der Waals surface area (Å²) >= 11 is 0. The molecular formula is C12H7N2. The molecule has 0 aliphatic rings. The van der Waals surface area contributed by atoms with Gasteiger partial charge in [-0.15, -0.1) is 0 Å². The molecule has 2 aromatic heterocycles. The molecule has 0 fully saturated rings. The zero-order valence-electron chi connectivity index (χ0n) is 7.44. The van der Waals surface area contributed by atoms with E-state index in [1.165, 1.54) is 0 Å². The molecule has 0 saturated heterocycles. The van der Waals surface area contributed by atoms with Gasteiger partial charge in [0.25, 0.3) is 0 Å². The van der Waals surface area contributed by atoms with Gasteiger partial charge >= 0.3 is 0 Å². The fourth-order valence-electron chi connectivity index (χ4n) is 1.64. The predicted molar refractivity (Wildman–Crippen MR) is 55.9 cm³/mol. The summed E-state index contributed by atoms with van der Waals surface area (Å²) in [7, 11) is 0. The van der Waals surface area contributed by atoms with Crippen molar-refractivity contribution in [1.29, 1.82) is 0 Å². The summed E-state index contributed by atoms with van der Waals surface area (Å²) in [5.41, 5.74) is 1.96. The van der Waals surface area contributed by atoms with Crippen LogP contribution >= 0.6 is 0 Å². The van der Waals surface area contributed by atoms with Crippen molar-refractivity contribution < 1.29 is 0 Å². The van der Waals surface area contributed by atoms with Crippen molar-refractivity contribution in [2.24, 2.45) is 0 Å². The largest absolute Gasteiger partial charge is 0.256 e. The minimum absolute atomic E-state index is 0.966. The zero-order valence-corrected chi connectivity index (χ0v) is 7.44. The molecule has 0 spiro atoms. The van der Waals surface area contributed by atoms with Gasteiger partial charge in [-0.3, -0.25) is 9.97 Å². The summed E-state index contributed by atoms with van der Waals surface area (Å²) in [4.78, 5) is 8.56. The Hall–Kier alpha value is -1.96. The minimum atomic E-state index is 0.966. The van der Waals surface area contributed by atoms with E-state index in [1.54, 1.807) is 12.4 Å². The Morgan fingerprint density at radius 3 is 2.79 bits per heavy atom. The molecule has 3 rings (SSSR count). The molecule has 0 N–H and O–H groups in total. The van der Waals surface area contributed by atoms with E-state index < -0.39 is 0 Å². The van der Waals surface area contributed by atoms with E-state index in [0.717, 1.165) is 21.8 Å². The van der Waals surface area contributed by atoms with E-state index in [1.807, 2.05) is 30.3 Å². The standard InChI is InChI=1S/C12H7N2/c1-3-9-10-4-2-8-14-12(10)6-5-11(9)13-7-1/h1-3,5-8H. The third-order valence-corrected chi connectivity index (χ3v) is 2.28. The molecule has 2 nitrogen and oxygen atoms in total. The minimum Gasteiger partial charge on any atom is -0.256 e. The third-order valence-electron chi connectivity index (χ3n) is 2.28. The van der Waals surface area contributed by atoms with E-state index in [2.05, 4.69) is 16.0 Å². The van der Waals surface area contributed by atoms with Gasteiger partial charge in [-0.1, -0.05) is 6.07 Å². The van der Waals surface area contributed by atoms with Crippen LogP contribution in [0.2, 0.25) is 0 Å². The zero-order chi connectivity index (χ0) is 9.38. The van der Waals surface area contributed by atoms with Crippen LogP contribution in [-0.2, 0) is 0 Å². The third kappa shape index (κ3) is 0.973. The maximum absolute atomic E-state index is 4.28. The summed E-state index contributed by atoms with van der Waals surface area (Å²) in [5.74, 6) is 0. The Morgan fingerprint density at radius 1 is 0.929 bits per heavy atom. The van der Waals surface area contributed by atoms with Crippen LogP contribution in [0.15, 0.2) is 42.7 Å². The lowest BCUT2D eigenvalue weighted by Gasteiger charge is -2.00. The van der Waals surface area contributed by atoms with E-state index >= 15 is 0 Å². The molecule has 1 radical (unpaired) electrons. The molecule has 0 aliphatic heterocycles. The van der Waals surface area contributed by atoms with Crippen molar-refractivity contribution in [2.45, 2.75) is 0 Å². The Kier molecular flexibility index (Phi) is 1.47. The Morgan fingerprint density at radius 2 is 1.79 bits per heavy atom. The molecule has 0 aliphatic carbocycles. The van der Waals surface area contributed by atoms with E-state index in [0.29, 0.717) is 0 Å². The molecular weight excluding hydrogens is 172 g/mol. The van der Waals surface area contributed by atoms with Gasteiger partial charge in [0, 0.05) is 23.2 Å². The van der Waals surface area contributed by atoms with Gasteiger partial charge in [0.05, 0.1) is 11.0 Å². The van der Waals surface area contributed by atoms with Crippen LogP contribution in [0.1, 0.15) is 0 Å². The number of aromatic nitrogens is 2. The fraction of sp³-hybridized carbons (Fsp3) is 0. The van der Waals surface area contributed by atoms with E-state index in [-0.39, 0.29) is 0 Å². The van der Waals surface area contributed by atoms with Crippen molar-refractivity contribution in [2.75, 3.05) is 0 Å². The SMILES string of the molecule is [c]1ccnc2ccc3ncccc3c12. The molecule has 0 saturated carbocycles. The average Bonchev–Trinajstić information content (AvgIpc) is 2.29. The maximum Gasteiger partial charge on any atom is 0.0715 e. The van der Waals surface area contributed by atoms with E-state index in [4.69, 9.17) is 0 Å². The van der Waals surface area contributed by atoms with Crippen LogP contribution in [0.5, 0.6) is 0 Å². The highest BCUT2D eigenvalue weighted by atomic mass is 14.7. The lowest BCUT2D eigenvalue weighted by Crippen LogP contribution is -1.82. The number of nitrogens with zero attached hydrogens (tertiary/aromatic N) is 2. The van der Waals surface area contributed by atoms with Crippen molar-refractivity contribution in [3.8, 4) is 0 Å². The quantitative estimate of drug-likeness (QED) is 0.496. The highest BCUT2D eigenvalue weighted by molar-refractivity contribution is 6.03. The van der Waals surface area contributed by atoms with Crippen LogP contribution in [0, 0.1) is 6.07 Å². The Balaban J connectivity index is 2.61. The second kappa shape index (κ2) is 2.77. The van der Waals surface area contributed by atoms with Crippen molar-refractivity contribution >= 4 is 21.8 Å². The van der Waals surface area contributed by atoms with Gasteiger partial charge in [0.15, 0.2) is 0 Å². The van der Waals surface area contributed by atoms with Crippen LogP contribution in [0.3, 0.4) is 0 Å². The fourth-order valence-corrected chi connectivity index (χ4v) is 1.64. The van der Waals surface area contributed by atoms with Gasteiger partial charge in [-0.25, -0.2) is 0 Å². The molecule has 2 heterocycles. The normalized spacial score (nSPS) is 10.9. The summed E-state index contributed by atoms with van der Waals surface area (Å²) in [5, 5.41) is 2.15. The Bertz CT molecular complexity index is 547. The monoisotopic (exact) mass is 179 g/mol. The second-order valence-electron chi connectivity index (χ2n) is 3.12. The Labute approximate surface area is 81.2 Å². The summed E-state index contributed by atoms with van der Waals surface area (Å²) < 4.78 is 0. The highest BCUT2D eigenvalue weighted by Crippen LogP contribution is 2.20. The van der Waals surface area contributed by atoms with Gasteiger partial charge < -0.3 is 0 Å². The number of pyridine rings is 2. The topological polar surface area (TPSA) is 25.8 Å². The summed E-state index contributed by atoms with van der Waals surface area (Å²) in [6, 6.07) is 13.0. The molecule has 14 heavy (non-hydrogen) atoms.